The van der Waals surface area contributed by atoms with Crippen molar-refractivity contribution >= 4 is 0 Å². The second kappa shape index (κ2) is 7.20. The lowest BCUT2D eigenvalue weighted by atomic mass is 9.80. The molecule has 1 rings (SSSR count). The van der Waals surface area contributed by atoms with Crippen molar-refractivity contribution in [3.63, 3.8) is 0 Å². The van der Waals surface area contributed by atoms with Gasteiger partial charge < -0.3 is 4.74 Å². The van der Waals surface area contributed by atoms with Crippen molar-refractivity contribution in [1.82, 2.24) is 5.48 Å². The van der Waals surface area contributed by atoms with Crippen molar-refractivity contribution in [2.75, 3.05) is 20.3 Å². The third kappa shape index (κ3) is 4.96. The lowest BCUT2D eigenvalue weighted by Gasteiger charge is -2.30. The molecule has 3 nitrogen and oxygen atoms in total. The van der Waals surface area contributed by atoms with Gasteiger partial charge in [-0.25, -0.2) is 0 Å². The summed E-state index contributed by atoms with van der Waals surface area (Å²) in [6.07, 6.45) is 5.16. The van der Waals surface area contributed by atoms with Crippen LogP contribution in [0.25, 0.3) is 0 Å². The van der Waals surface area contributed by atoms with Gasteiger partial charge in [0.2, 0.25) is 0 Å². The summed E-state index contributed by atoms with van der Waals surface area (Å²) >= 11 is 0. The number of ether oxygens (including phenoxy) is 1. The zero-order valence-electron chi connectivity index (χ0n) is 10.3. The molecule has 3 heteroatoms. The zero-order chi connectivity index (χ0) is 11.1. The van der Waals surface area contributed by atoms with E-state index in [9.17, 15) is 0 Å². The molecule has 0 aromatic heterocycles. The fourth-order valence-electron chi connectivity index (χ4n) is 2.21. The number of hydrogen-bond acceptors (Lipinski definition) is 3. The highest BCUT2D eigenvalue weighted by Crippen LogP contribution is 2.29. The second-order valence-corrected chi connectivity index (χ2v) is 4.81. The Morgan fingerprint density at radius 2 is 1.80 bits per heavy atom. The van der Waals surface area contributed by atoms with Crippen molar-refractivity contribution in [3.8, 4) is 0 Å². The molecule has 0 amide bonds. The highest BCUT2D eigenvalue weighted by molar-refractivity contribution is 4.76. The molecule has 0 atom stereocenters. The topological polar surface area (TPSA) is 30.5 Å². The van der Waals surface area contributed by atoms with Crippen molar-refractivity contribution in [1.29, 1.82) is 0 Å². The lowest BCUT2D eigenvalue weighted by Crippen LogP contribution is -2.34. The Kier molecular flexibility index (Phi) is 6.22. The minimum absolute atomic E-state index is 0.553. The van der Waals surface area contributed by atoms with Crippen LogP contribution >= 0.6 is 0 Å². The van der Waals surface area contributed by atoms with Gasteiger partial charge in [0.25, 0.3) is 0 Å². The predicted octanol–water partition coefficient (Wildman–Crippen LogP) is 2.37. The van der Waals surface area contributed by atoms with Gasteiger partial charge >= 0.3 is 0 Å². The third-order valence-electron chi connectivity index (χ3n) is 3.35. The van der Waals surface area contributed by atoms with Crippen LogP contribution in [0.5, 0.6) is 0 Å². The molecule has 0 radical (unpaired) electrons. The Balaban J connectivity index is 2.04. The largest absolute Gasteiger partial charge is 0.382 e. The zero-order valence-corrected chi connectivity index (χ0v) is 10.3. The Labute approximate surface area is 93.5 Å². The molecule has 0 aliphatic heterocycles. The Bertz CT molecular complexity index is 154. The Hall–Kier alpha value is -0.120. The van der Waals surface area contributed by atoms with Gasteiger partial charge in [-0.2, -0.15) is 5.48 Å². The standard InChI is InChI=1S/C12H25NO2/c1-10(2)11-4-6-12(7-5-11)13-15-9-8-14-3/h10-13H,4-9H2,1-3H3. The minimum atomic E-state index is 0.553. The van der Waals surface area contributed by atoms with Crippen LogP contribution in [0.2, 0.25) is 0 Å². The van der Waals surface area contributed by atoms with E-state index in [2.05, 4.69) is 19.3 Å². The fraction of sp³-hybridized carbons (Fsp3) is 1.00. The van der Waals surface area contributed by atoms with Crippen LogP contribution in [0.1, 0.15) is 39.5 Å². The van der Waals surface area contributed by atoms with E-state index < -0.39 is 0 Å². The van der Waals surface area contributed by atoms with E-state index >= 15 is 0 Å². The average Bonchev–Trinajstić information content (AvgIpc) is 2.25. The highest BCUT2D eigenvalue weighted by Gasteiger charge is 2.22. The van der Waals surface area contributed by atoms with Gasteiger partial charge in [0.05, 0.1) is 13.2 Å². The summed E-state index contributed by atoms with van der Waals surface area (Å²) in [5.74, 6) is 1.75. The molecule has 90 valence electrons. The van der Waals surface area contributed by atoms with Gasteiger partial charge in [0.15, 0.2) is 0 Å². The number of hydroxylamine groups is 1. The number of methoxy groups -OCH3 is 1. The highest BCUT2D eigenvalue weighted by atomic mass is 16.7. The molecule has 1 fully saturated rings. The molecule has 1 N–H and O–H groups in total. The van der Waals surface area contributed by atoms with Crippen molar-refractivity contribution in [2.45, 2.75) is 45.6 Å². The molecule has 0 unspecified atom stereocenters. The Morgan fingerprint density at radius 1 is 1.13 bits per heavy atom. The second-order valence-electron chi connectivity index (χ2n) is 4.81. The normalized spacial score (nSPS) is 27.2. The van der Waals surface area contributed by atoms with Gasteiger partial charge in [0.1, 0.15) is 0 Å². The minimum Gasteiger partial charge on any atom is -0.382 e. The van der Waals surface area contributed by atoms with E-state index in [0.29, 0.717) is 19.3 Å². The summed E-state index contributed by atoms with van der Waals surface area (Å²) in [5, 5.41) is 0. The lowest BCUT2D eigenvalue weighted by molar-refractivity contribution is -0.0220. The van der Waals surface area contributed by atoms with Crippen LogP contribution < -0.4 is 5.48 Å². The van der Waals surface area contributed by atoms with Crippen LogP contribution in [-0.4, -0.2) is 26.4 Å². The summed E-state index contributed by atoms with van der Waals surface area (Å²) < 4.78 is 4.91. The number of rotatable bonds is 6. The van der Waals surface area contributed by atoms with Crippen molar-refractivity contribution in [3.05, 3.63) is 0 Å². The van der Waals surface area contributed by atoms with Crippen LogP contribution in [0.3, 0.4) is 0 Å². The van der Waals surface area contributed by atoms with Gasteiger partial charge in [0, 0.05) is 13.2 Å². The molecule has 1 saturated carbocycles. The first-order chi connectivity index (χ1) is 7.24. The maximum Gasteiger partial charge on any atom is 0.0915 e. The van der Waals surface area contributed by atoms with E-state index in [1.807, 2.05) is 0 Å². The van der Waals surface area contributed by atoms with Gasteiger partial charge in [-0.3, -0.25) is 4.84 Å². The molecule has 0 aromatic carbocycles. The number of nitrogens with one attached hydrogen (secondary N) is 1. The number of hydrogen-bond donors (Lipinski definition) is 1. The molecule has 0 spiro atoms. The van der Waals surface area contributed by atoms with Crippen LogP contribution in [0.4, 0.5) is 0 Å². The molecule has 0 bridgehead atoms. The first kappa shape index (κ1) is 12.9. The predicted molar refractivity (Wildman–Crippen MR) is 61.5 cm³/mol. The molecule has 0 saturated heterocycles. The van der Waals surface area contributed by atoms with Crippen LogP contribution in [0, 0.1) is 11.8 Å². The van der Waals surface area contributed by atoms with E-state index in [-0.39, 0.29) is 0 Å². The average molecular weight is 215 g/mol. The fourth-order valence-corrected chi connectivity index (χ4v) is 2.21. The van der Waals surface area contributed by atoms with E-state index in [0.717, 1.165) is 11.8 Å². The van der Waals surface area contributed by atoms with Crippen LogP contribution in [0.15, 0.2) is 0 Å². The smallest absolute Gasteiger partial charge is 0.0915 e. The third-order valence-corrected chi connectivity index (χ3v) is 3.35. The summed E-state index contributed by atoms with van der Waals surface area (Å²) in [6, 6.07) is 0.553. The van der Waals surface area contributed by atoms with E-state index in [1.165, 1.54) is 25.7 Å². The van der Waals surface area contributed by atoms with Crippen molar-refractivity contribution < 1.29 is 9.57 Å². The molecule has 0 aromatic rings. The van der Waals surface area contributed by atoms with Crippen LogP contribution in [-0.2, 0) is 9.57 Å². The van der Waals surface area contributed by atoms with Gasteiger partial charge in [-0.05, 0) is 37.5 Å². The summed E-state index contributed by atoms with van der Waals surface area (Å²) in [4.78, 5) is 5.33. The first-order valence-electron chi connectivity index (χ1n) is 6.10. The molecule has 0 heterocycles. The molecular formula is C12H25NO2. The van der Waals surface area contributed by atoms with Gasteiger partial charge in [-0.15, -0.1) is 0 Å². The van der Waals surface area contributed by atoms with E-state index in [4.69, 9.17) is 9.57 Å². The van der Waals surface area contributed by atoms with Crippen molar-refractivity contribution in [2.24, 2.45) is 11.8 Å². The maximum atomic E-state index is 5.33. The molecule has 1 aliphatic carbocycles. The summed E-state index contributed by atoms with van der Waals surface area (Å²) in [5.41, 5.74) is 3.14. The summed E-state index contributed by atoms with van der Waals surface area (Å²) in [6.45, 7) is 5.95. The van der Waals surface area contributed by atoms with E-state index in [1.54, 1.807) is 7.11 Å². The monoisotopic (exact) mass is 215 g/mol. The molecule has 1 aliphatic rings. The first-order valence-corrected chi connectivity index (χ1v) is 6.10. The maximum absolute atomic E-state index is 5.33. The van der Waals surface area contributed by atoms with Gasteiger partial charge in [-0.1, -0.05) is 13.8 Å². The SMILES string of the molecule is COCCONC1CCC(C(C)C)CC1. The molecular weight excluding hydrogens is 190 g/mol. The molecule has 15 heavy (non-hydrogen) atoms. The summed E-state index contributed by atoms with van der Waals surface area (Å²) in [7, 11) is 1.69. The Morgan fingerprint density at radius 3 is 2.33 bits per heavy atom. The quantitative estimate of drug-likeness (QED) is 0.545.